The lowest BCUT2D eigenvalue weighted by Crippen LogP contribution is -2.52. The number of hydroxylamine groups is 2. The van der Waals surface area contributed by atoms with E-state index in [0.717, 1.165) is 6.42 Å². The fourth-order valence-corrected chi connectivity index (χ4v) is 2.21. The summed E-state index contributed by atoms with van der Waals surface area (Å²) in [5.41, 5.74) is 11.9. The Morgan fingerprint density at radius 3 is 2.70 bits per heavy atom. The normalized spacial score (nSPS) is 26.6. The van der Waals surface area contributed by atoms with Gasteiger partial charge in [-0.2, -0.15) is 13.5 Å². The highest BCUT2D eigenvalue weighted by molar-refractivity contribution is 7.80. The smallest absolute Gasteiger partial charge is 0.412 e. The standard InChI is InChI=1S/C9H15N5O4S.H2O/c10-8-5-7(6-3-1-2-4-12-6)13-9(11)14(8)18-19(15,16)17;/h1-2,5-6,8,12H,3-4,10H2,(H2,11,13)(H,15,16,17);1H2. The number of nitrogens with zero attached hydrogens (tertiary/aromatic N) is 2. The molecule has 0 aromatic heterocycles. The minimum atomic E-state index is -4.70. The Balaban J connectivity index is 0.00000200. The van der Waals surface area contributed by atoms with Gasteiger partial charge >= 0.3 is 10.4 Å². The molecule has 0 aromatic rings. The molecule has 2 rings (SSSR count). The largest absolute Gasteiger partial charge is 0.418 e. The van der Waals surface area contributed by atoms with E-state index in [4.69, 9.17) is 16.0 Å². The van der Waals surface area contributed by atoms with Crippen molar-refractivity contribution in [3.8, 4) is 0 Å². The number of nitrogens with one attached hydrogen (secondary N) is 1. The summed E-state index contributed by atoms with van der Waals surface area (Å²) >= 11 is 0. The van der Waals surface area contributed by atoms with Crippen molar-refractivity contribution >= 4 is 16.4 Å². The van der Waals surface area contributed by atoms with Gasteiger partial charge in [0.25, 0.3) is 0 Å². The van der Waals surface area contributed by atoms with E-state index in [2.05, 4.69) is 14.6 Å². The van der Waals surface area contributed by atoms with Gasteiger partial charge in [0, 0.05) is 6.54 Å². The Morgan fingerprint density at radius 1 is 1.50 bits per heavy atom. The van der Waals surface area contributed by atoms with E-state index in [-0.39, 0.29) is 17.5 Å². The van der Waals surface area contributed by atoms with E-state index in [9.17, 15) is 8.42 Å². The number of hydrogen-bond acceptors (Lipinski definition) is 8. The Morgan fingerprint density at radius 2 is 2.20 bits per heavy atom. The maximum Gasteiger partial charge on any atom is 0.418 e. The van der Waals surface area contributed by atoms with Crippen molar-refractivity contribution in [3.63, 3.8) is 0 Å². The van der Waals surface area contributed by atoms with E-state index in [0.29, 0.717) is 17.3 Å². The van der Waals surface area contributed by atoms with Crippen molar-refractivity contribution in [2.45, 2.75) is 18.6 Å². The first-order valence-electron chi connectivity index (χ1n) is 5.53. The molecule has 11 heteroatoms. The SMILES string of the molecule is NC1=NC(C2CC=CCN2)=CC(N)N1OS(=O)(=O)O.O. The number of nitrogens with two attached hydrogens (primary N) is 2. The maximum absolute atomic E-state index is 10.7. The van der Waals surface area contributed by atoms with Gasteiger partial charge in [-0.05, 0) is 12.5 Å². The fraction of sp³-hybridized carbons (Fsp3) is 0.444. The zero-order valence-corrected chi connectivity index (χ0v) is 11.2. The van der Waals surface area contributed by atoms with Crippen molar-refractivity contribution in [3.05, 3.63) is 23.9 Å². The molecule has 2 aliphatic rings. The van der Waals surface area contributed by atoms with E-state index in [1.54, 1.807) is 0 Å². The van der Waals surface area contributed by atoms with E-state index in [1.807, 2.05) is 12.2 Å². The monoisotopic (exact) mass is 307 g/mol. The van der Waals surface area contributed by atoms with Crippen molar-refractivity contribution in [2.75, 3.05) is 6.54 Å². The van der Waals surface area contributed by atoms with Gasteiger partial charge in [0.1, 0.15) is 6.17 Å². The van der Waals surface area contributed by atoms with Crippen LogP contribution < -0.4 is 16.8 Å². The summed E-state index contributed by atoms with van der Waals surface area (Å²) in [7, 11) is -4.70. The van der Waals surface area contributed by atoms with Crippen LogP contribution in [0.15, 0.2) is 28.9 Å². The molecule has 0 radical (unpaired) electrons. The summed E-state index contributed by atoms with van der Waals surface area (Å²) in [6, 6.07) is -0.0394. The van der Waals surface area contributed by atoms with E-state index in [1.165, 1.54) is 6.08 Å². The van der Waals surface area contributed by atoms with E-state index < -0.39 is 16.6 Å². The molecule has 20 heavy (non-hydrogen) atoms. The van der Waals surface area contributed by atoms with Crippen LogP contribution in [-0.2, 0) is 14.7 Å². The lowest BCUT2D eigenvalue weighted by atomic mass is 10.1. The topological polar surface area (TPSA) is 175 Å². The summed E-state index contributed by atoms with van der Waals surface area (Å²) < 4.78 is 34.2. The molecule has 0 amide bonds. The second kappa shape index (κ2) is 6.30. The van der Waals surface area contributed by atoms with Crippen LogP contribution in [0.25, 0.3) is 0 Å². The molecule has 0 saturated heterocycles. The lowest BCUT2D eigenvalue weighted by Gasteiger charge is -2.30. The summed E-state index contributed by atoms with van der Waals surface area (Å²) in [6.45, 7) is 0.706. The maximum atomic E-state index is 10.7. The minimum Gasteiger partial charge on any atom is -0.412 e. The Kier molecular flexibility index (Phi) is 5.21. The van der Waals surface area contributed by atoms with Gasteiger partial charge in [-0.25, -0.2) is 4.99 Å². The summed E-state index contributed by atoms with van der Waals surface area (Å²) in [5.74, 6) is -0.237. The molecular weight excluding hydrogens is 290 g/mol. The third-order valence-electron chi connectivity index (χ3n) is 2.63. The minimum absolute atomic E-state index is 0. The third-order valence-corrected chi connectivity index (χ3v) is 2.98. The highest BCUT2D eigenvalue weighted by atomic mass is 32.3. The average Bonchev–Trinajstić information content (AvgIpc) is 2.33. The summed E-state index contributed by atoms with van der Waals surface area (Å²) in [4.78, 5) is 4.03. The van der Waals surface area contributed by atoms with Gasteiger partial charge in [0.15, 0.2) is 0 Å². The molecule has 0 aromatic carbocycles. The molecule has 0 spiro atoms. The Bertz CT molecular complexity index is 543. The first-order valence-corrected chi connectivity index (χ1v) is 6.89. The second-order valence-electron chi connectivity index (χ2n) is 4.05. The van der Waals surface area contributed by atoms with Crippen molar-refractivity contribution in [2.24, 2.45) is 16.5 Å². The average molecular weight is 307 g/mol. The molecular formula is C9H17N5O5S. The molecule has 0 saturated carbocycles. The predicted octanol–water partition coefficient (Wildman–Crippen LogP) is -2.39. The van der Waals surface area contributed by atoms with Crippen LogP contribution in [0, 0.1) is 0 Å². The van der Waals surface area contributed by atoms with Crippen LogP contribution in [-0.4, -0.2) is 48.2 Å². The number of rotatable bonds is 3. The van der Waals surface area contributed by atoms with Crippen LogP contribution in [0.1, 0.15) is 6.42 Å². The highest BCUT2D eigenvalue weighted by Gasteiger charge is 2.28. The van der Waals surface area contributed by atoms with E-state index >= 15 is 0 Å². The quantitative estimate of drug-likeness (QED) is 0.330. The molecule has 0 bridgehead atoms. The zero-order chi connectivity index (χ0) is 14.0. The fourth-order valence-electron chi connectivity index (χ4n) is 1.83. The second-order valence-corrected chi connectivity index (χ2v) is 5.05. The molecule has 2 atom stereocenters. The van der Waals surface area contributed by atoms with Gasteiger partial charge in [-0.3, -0.25) is 4.55 Å². The zero-order valence-electron chi connectivity index (χ0n) is 10.4. The molecule has 0 aliphatic carbocycles. The summed E-state index contributed by atoms with van der Waals surface area (Å²) in [5, 5.41) is 3.82. The number of guanidine groups is 1. The van der Waals surface area contributed by atoms with Crippen molar-refractivity contribution < 1.29 is 22.7 Å². The van der Waals surface area contributed by atoms with Crippen molar-refractivity contribution in [1.82, 2.24) is 10.4 Å². The van der Waals surface area contributed by atoms with Gasteiger partial charge in [-0.15, -0.1) is 4.28 Å². The van der Waals surface area contributed by atoms with Crippen LogP contribution >= 0.6 is 0 Å². The molecule has 2 unspecified atom stereocenters. The molecule has 8 N–H and O–H groups in total. The third kappa shape index (κ3) is 4.00. The first-order chi connectivity index (χ1) is 8.87. The van der Waals surface area contributed by atoms with Crippen molar-refractivity contribution in [1.29, 1.82) is 0 Å². The van der Waals surface area contributed by atoms with Gasteiger partial charge in [0.05, 0.1) is 11.7 Å². The molecule has 0 fully saturated rings. The number of hydrogen-bond donors (Lipinski definition) is 4. The highest BCUT2D eigenvalue weighted by Crippen LogP contribution is 2.18. The Labute approximate surface area is 116 Å². The lowest BCUT2D eigenvalue weighted by molar-refractivity contribution is -0.0123. The van der Waals surface area contributed by atoms with Gasteiger partial charge < -0.3 is 22.3 Å². The van der Waals surface area contributed by atoms with Crippen LogP contribution in [0.2, 0.25) is 0 Å². The van der Waals surface area contributed by atoms with Gasteiger partial charge in [-0.1, -0.05) is 12.2 Å². The summed E-state index contributed by atoms with van der Waals surface area (Å²) in [6.07, 6.45) is 5.27. The molecule has 114 valence electrons. The van der Waals surface area contributed by atoms with Gasteiger partial charge in [0.2, 0.25) is 5.96 Å². The Hall–Kier alpha value is -1.50. The van der Waals surface area contributed by atoms with Crippen LogP contribution in [0.5, 0.6) is 0 Å². The molecule has 2 heterocycles. The number of aliphatic imine (C=N–C) groups is 1. The predicted molar refractivity (Wildman–Crippen MR) is 71.3 cm³/mol. The first kappa shape index (κ1) is 16.6. The molecule has 10 nitrogen and oxygen atoms in total. The molecule has 2 aliphatic heterocycles. The van der Waals surface area contributed by atoms with Crippen LogP contribution in [0.3, 0.4) is 0 Å². The van der Waals surface area contributed by atoms with Crippen LogP contribution in [0.4, 0.5) is 0 Å².